The molecule has 1 aliphatic heterocycles. The van der Waals surface area contributed by atoms with E-state index in [0.29, 0.717) is 4.90 Å². The van der Waals surface area contributed by atoms with Crippen LogP contribution in [-0.4, -0.2) is 32.3 Å². The quantitative estimate of drug-likeness (QED) is 0.563. The molecule has 0 amide bonds. The Morgan fingerprint density at radius 3 is 2.50 bits per heavy atom. The summed E-state index contributed by atoms with van der Waals surface area (Å²) < 4.78 is 13.0. The first kappa shape index (κ1) is 17.1. The van der Waals surface area contributed by atoms with Crippen molar-refractivity contribution < 1.29 is 4.21 Å². The van der Waals surface area contributed by atoms with Crippen LogP contribution >= 0.6 is 0 Å². The number of nitrogens with zero attached hydrogens (tertiary/aromatic N) is 3. The van der Waals surface area contributed by atoms with Gasteiger partial charge < -0.3 is 9.88 Å². The molecule has 6 heteroatoms. The van der Waals surface area contributed by atoms with Crippen molar-refractivity contribution >= 4 is 27.4 Å². The van der Waals surface area contributed by atoms with Gasteiger partial charge >= 0.3 is 0 Å². The fraction of sp³-hybridized carbons (Fsp3) is 0.182. The predicted octanol–water partition coefficient (Wildman–Crippen LogP) is 4.39. The first-order chi connectivity index (χ1) is 13.8. The van der Waals surface area contributed by atoms with Crippen molar-refractivity contribution in [2.75, 3.05) is 18.0 Å². The number of anilines is 1. The van der Waals surface area contributed by atoms with E-state index in [0.717, 1.165) is 34.8 Å². The zero-order valence-corrected chi connectivity index (χ0v) is 16.2. The van der Waals surface area contributed by atoms with E-state index < -0.39 is 10.8 Å². The molecule has 1 aliphatic rings. The molecule has 1 atom stereocenters. The fourth-order valence-electron chi connectivity index (χ4n) is 3.82. The van der Waals surface area contributed by atoms with E-state index >= 15 is 0 Å². The van der Waals surface area contributed by atoms with Crippen LogP contribution in [0.25, 0.3) is 22.2 Å². The molecule has 2 aromatic heterocycles. The second-order valence-electron chi connectivity index (χ2n) is 6.99. The van der Waals surface area contributed by atoms with E-state index in [9.17, 15) is 4.21 Å². The third-order valence-corrected chi connectivity index (χ3v) is 6.52. The lowest BCUT2D eigenvalue weighted by molar-refractivity contribution is 0.682. The van der Waals surface area contributed by atoms with Crippen molar-refractivity contribution in [3.05, 3.63) is 67.3 Å². The summed E-state index contributed by atoms with van der Waals surface area (Å²) >= 11 is 0. The highest BCUT2D eigenvalue weighted by Gasteiger charge is 2.20. The Morgan fingerprint density at radius 2 is 1.71 bits per heavy atom. The van der Waals surface area contributed by atoms with Gasteiger partial charge in [0.05, 0.1) is 15.7 Å². The van der Waals surface area contributed by atoms with Gasteiger partial charge in [0, 0.05) is 58.2 Å². The van der Waals surface area contributed by atoms with E-state index in [1.807, 2.05) is 24.3 Å². The van der Waals surface area contributed by atoms with E-state index in [2.05, 4.69) is 44.1 Å². The number of aromatic nitrogens is 3. The van der Waals surface area contributed by atoms with E-state index in [-0.39, 0.29) is 0 Å². The number of nitrogens with one attached hydrogen (secondary N) is 1. The molecule has 3 heterocycles. The van der Waals surface area contributed by atoms with E-state index in [1.54, 1.807) is 12.4 Å². The summed E-state index contributed by atoms with van der Waals surface area (Å²) in [6.45, 7) is 2.12. The minimum Gasteiger partial charge on any atom is -0.371 e. The second kappa shape index (κ2) is 7.20. The number of benzene rings is 2. The van der Waals surface area contributed by atoms with Crippen LogP contribution in [0.2, 0.25) is 0 Å². The Balaban J connectivity index is 1.64. The molecule has 1 N–H and O–H groups in total. The van der Waals surface area contributed by atoms with Crippen LogP contribution in [0.5, 0.6) is 0 Å². The van der Waals surface area contributed by atoms with Crippen LogP contribution in [0, 0.1) is 0 Å². The maximum atomic E-state index is 13.0. The van der Waals surface area contributed by atoms with Gasteiger partial charge in [0.25, 0.3) is 0 Å². The molecule has 0 aliphatic carbocycles. The molecule has 5 rings (SSSR count). The second-order valence-corrected chi connectivity index (χ2v) is 8.47. The molecule has 0 radical (unpaired) electrons. The van der Waals surface area contributed by atoms with Gasteiger partial charge in [-0.05, 0) is 43.2 Å². The van der Waals surface area contributed by atoms with Gasteiger partial charge in [0.15, 0.2) is 0 Å². The summed E-state index contributed by atoms with van der Waals surface area (Å²) in [5.74, 6) is 0. The summed E-state index contributed by atoms with van der Waals surface area (Å²) in [5.41, 5.74) is 4.43. The maximum absolute atomic E-state index is 13.0. The number of hydrogen-bond acceptors (Lipinski definition) is 4. The van der Waals surface area contributed by atoms with E-state index in [4.69, 9.17) is 0 Å². The summed E-state index contributed by atoms with van der Waals surface area (Å²) in [4.78, 5) is 15.3. The smallest absolute Gasteiger partial charge is 0.115 e. The van der Waals surface area contributed by atoms with Crippen molar-refractivity contribution in [1.82, 2.24) is 15.0 Å². The normalized spacial score (nSPS) is 15.2. The van der Waals surface area contributed by atoms with Crippen LogP contribution in [0.4, 0.5) is 5.69 Å². The number of fused-ring (bicyclic) bond motifs is 1. The molecular weight excluding hydrogens is 368 g/mol. The Kier molecular flexibility index (Phi) is 4.41. The predicted molar refractivity (Wildman–Crippen MR) is 112 cm³/mol. The van der Waals surface area contributed by atoms with Gasteiger partial charge in [-0.15, -0.1) is 0 Å². The molecule has 28 heavy (non-hydrogen) atoms. The lowest BCUT2D eigenvalue weighted by Crippen LogP contribution is -2.18. The molecule has 2 aromatic carbocycles. The van der Waals surface area contributed by atoms with Crippen molar-refractivity contribution in [1.29, 1.82) is 0 Å². The Hall–Kier alpha value is -2.99. The molecular formula is C22H20N4OS. The van der Waals surface area contributed by atoms with Crippen molar-refractivity contribution in [3.63, 3.8) is 0 Å². The first-order valence-corrected chi connectivity index (χ1v) is 10.6. The van der Waals surface area contributed by atoms with Crippen LogP contribution < -0.4 is 4.90 Å². The third-order valence-electron chi connectivity index (χ3n) is 5.20. The summed E-state index contributed by atoms with van der Waals surface area (Å²) in [5, 5.41) is 1.17. The highest BCUT2D eigenvalue weighted by atomic mass is 32.2. The number of para-hydroxylation sites is 1. The molecule has 0 bridgehead atoms. The number of H-pyrrole nitrogens is 1. The van der Waals surface area contributed by atoms with Crippen LogP contribution in [-0.2, 0) is 10.8 Å². The molecule has 1 saturated heterocycles. The van der Waals surface area contributed by atoms with Gasteiger partial charge in [0.2, 0.25) is 0 Å². The van der Waals surface area contributed by atoms with Gasteiger partial charge in [-0.2, -0.15) is 0 Å². The highest BCUT2D eigenvalue weighted by Crippen LogP contribution is 2.36. The van der Waals surface area contributed by atoms with Crippen molar-refractivity contribution in [2.24, 2.45) is 0 Å². The summed E-state index contributed by atoms with van der Waals surface area (Å²) in [6.07, 6.45) is 7.09. The number of rotatable bonds is 4. The zero-order chi connectivity index (χ0) is 18.9. The standard InChI is InChI=1S/C22H20N4OS/c27-28(18-13-23-15-24-14-18)17-7-8-22(26-9-3-4-10-26)19(12-17)21-11-16-5-1-2-6-20(16)25-21/h1-2,5-8,11-15,25H,3-4,9-10H2/t28-/m1/s1. The average Bonchev–Trinajstić information content (AvgIpc) is 3.43. The Labute approximate surface area is 165 Å². The molecule has 0 spiro atoms. The topological polar surface area (TPSA) is 61.9 Å². The summed E-state index contributed by atoms with van der Waals surface area (Å²) in [6, 6.07) is 16.5. The zero-order valence-electron chi connectivity index (χ0n) is 15.3. The maximum Gasteiger partial charge on any atom is 0.115 e. The number of aromatic amines is 1. The number of hydrogen-bond donors (Lipinski definition) is 1. The van der Waals surface area contributed by atoms with Crippen LogP contribution in [0.1, 0.15) is 12.8 Å². The highest BCUT2D eigenvalue weighted by molar-refractivity contribution is 7.85. The lowest BCUT2D eigenvalue weighted by Gasteiger charge is -2.21. The minimum absolute atomic E-state index is 0.610. The van der Waals surface area contributed by atoms with Crippen LogP contribution in [0.15, 0.2) is 77.0 Å². The molecule has 1 fully saturated rings. The Morgan fingerprint density at radius 1 is 0.929 bits per heavy atom. The SMILES string of the molecule is O=[S@@](c1cncnc1)c1ccc(N2CCCC2)c(-c2cc3ccccc3[nH]2)c1. The summed E-state index contributed by atoms with van der Waals surface area (Å²) in [7, 11) is -1.32. The molecule has 4 aromatic rings. The average molecular weight is 388 g/mol. The molecule has 0 saturated carbocycles. The lowest BCUT2D eigenvalue weighted by atomic mass is 10.1. The molecule has 0 unspecified atom stereocenters. The van der Waals surface area contributed by atoms with Gasteiger partial charge in [0.1, 0.15) is 6.33 Å². The minimum atomic E-state index is -1.32. The largest absolute Gasteiger partial charge is 0.371 e. The van der Waals surface area contributed by atoms with Gasteiger partial charge in [-0.3, -0.25) is 0 Å². The molecule has 5 nitrogen and oxygen atoms in total. The Bertz CT molecular complexity index is 1120. The van der Waals surface area contributed by atoms with Crippen LogP contribution in [0.3, 0.4) is 0 Å². The van der Waals surface area contributed by atoms with Crippen molar-refractivity contribution in [3.8, 4) is 11.3 Å². The third kappa shape index (κ3) is 3.10. The van der Waals surface area contributed by atoms with Gasteiger partial charge in [-0.25, -0.2) is 14.2 Å². The van der Waals surface area contributed by atoms with Gasteiger partial charge in [-0.1, -0.05) is 18.2 Å². The van der Waals surface area contributed by atoms with E-state index in [1.165, 1.54) is 30.2 Å². The first-order valence-electron chi connectivity index (χ1n) is 9.43. The molecule has 140 valence electrons. The fourth-order valence-corrected chi connectivity index (χ4v) is 4.82. The van der Waals surface area contributed by atoms with Crippen molar-refractivity contribution in [2.45, 2.75) is 22.6 Å². The monoisotopic (exact) mass is 388 g/mol.